The van der Waals surface area contributed by atoms with Gasteiger partial charge in [-0.2, -0.15) is 5.10 Å². The van der Waals surface area contributed by atoms with Crippen LogP contribution in [0.15, 0.2) is 109 Å². The van der Waals surface area contributed by atoms with Crippen molar-refractivity contribution in [3.63, 3.8) is 0 Å². The molecule has 0 fully saturated rings. The Morgan fingerprint density at radius 1 is 0.879 bits per heavy atom. The van der Waals surface area contributed by atoms with Gasteiger partial charge >= 0.3 is 0 Å². The topological polar surface area (TPSA) is 56.1 Å². The third kappa shape index (κ3) is 4.86. The van der Waals surface area contributed by atoms with Crippen molar-refractivity contribution in [2.75, 3.05) is 5.32 Å². The predicted molar refractivity (Wildman–Crippen MR) is 132 cm³/mol. The minimum Gasteiger partial charge on any atom is -0.489 e. The molecule has 1 N–H and O–H groups in total. The summed E-state index contributed by atoms with van der Waals surface area (Å²) in [5.74, 6) is 0.534. The minimum atomic E-state index is -0.210. The van der Waals surface area contributed by atoms with Crippen molar-refractivity contribution in [3.05, 3.63) is 120 Å². The van der Waals surface area contributed by atoms with Crippen molar-refractivity contribution in [2.45, 2.75) is 6.61 Å². The van der Waals surface area contributed by atoms with Crippen LogP contribution < -0.4 is 10.1 Å². The van der Waals surface area contributed by atoms with Crippen LogP contribution in [0.2, 0.25) is 0 Å². The van der Waals surface area contributed by atoms with E-state index in [0.717, 1.165) is 21.9 Å². The zero-order valence-electron chi connectivity index (χ0n) is 17.7. The summed E-state index contributed by atoms with van der Waals surface area (Å²) in [7, 11) is 0. The third-order valence-electron chi connectivity index (χ3n) is 5.09. The SMILES string of the molecule is O=C(Nc1ccc(OCc2ccccc2)cc1)c1cn(-c2ccccc2)nc1-c1cccs1. The molecule has 5 nitrogen and oxygen atoms in total. The fraction of sp³-hybridized carbons (Fsp3) is 0.0370. The van der Waals surface area contributed by atoms with Crippen molar-refractivity contribution in [2.24, 2.45) is 0 Å². The van der Waals surface area contributed by atoms with Crippen LogP contribution in [0.4, 0.5) is 5.69 Å². The number of amides is 1. The molecular formula is C27H21N3O2S. The summed E-state index contributed by atoms with van der Waals surface area (Å²) < 4.78 is 7.57. The van der Waals surface area contributed by atoms with Crippen molar-refractivity contribution < 1.29 is 9.53 Å². The second-order valence-corrected chi connectivity index (χ2v) is 8.35. The predicted octanol–water partition coefficient (Wildman–Crippen LogP) is 6.43. The Hall–Kier alpha value is -4.16. The summed E-state index contributed by atoms with van der Waals surface area (Å²) >= 11 is 1.56. The van der Waals surface area contributed by atoms with E-state index in [9.17, 15) is 4.79 Å². The minimum absolute atomic E-state index is 0.210. The lowest BCUT2D eigenvalue weighted by atomic mass is 10.2. The standard InChI is InChI=1S/C27H21N3O2S/c31-27(28-21-13-15-23(16-14-21)32-19-20-8-3-1-4-9-20)24-18-30(22-10-5-2-6-11-22)29-26(24)25-12-7-17-33-25/h1-18H,19H2,(H,28,31). The second-order valence-electron chi connectivity index (χ2n) is 7.40. The smallest absolute Gasteiger partial charge is 0.259 e. The maximum absolute atomic E-state index is 13.2. The van der Waals surface area contributed by atoms with Crippen LogP contribution in [0.3, 0.4) is 0 Å². The number of hydrogen-bond acceptors (Lipinski definition) is 4. The van der Waals surface area contributed by atoms with E-state index in [1.807, 2.05) is 102 Å². The number of aromatic nitrogens is 2. The van der Waals surface area contributed by atoms with Gasteiger partial charge in [0.25, 0.3) is 5.91 Å². The molecule has 0 radical (unpaired) electrons. The number of nitrogens with one attached hydrogen (secondary N) is 1. The molecule has 6 heteroatoms. The van der Waals surface area contributed by atoms with Gasteiger partial charge in [0.05, 0.1) is 16.1 Å². The Morgan fingerprint density at radius 2 is 1.61 bits per heavy atom. The molecule has 5 rings (SSSR count). The molecule has 2 heterocycles. The van der Waals surface area contributed by atoms with Gasteiger partial charge in [0.2, 0.25) is 0 Å². The van der Waals surface area contributed by atoms with Crippen LogP contribution in [-0.4, -0.2) is 15.7 Å². The molecule has 0 unspecified atom stereocenters. The normalized spacial score (nSPS) is 10.7. The van der Waals surface area contributed by atoms with Crippen LogP contribution in [0.5, 0.6) is 5.75 Å². The molecular weight excluding hydrogens is 430 g/mol. The Bertz CT molecular complexity index is 1330. The van der Waals surface area contributed by atoms with Crippen molar-refractivity contribution >= 4 is 22.9 Å². The molecule has 1 amide bonds. The highest BCUT2D eigenvalue weighted by atomic mass is 32.1. The lowest BCUT2D eigenvalue weighted by molar-refractivity contribution is 0.102. The number of ether oxygens (including phenoxy) is 1. The highest BCUT2D eigenvalue weighted by molar-refractivity contribution is 7.13. The molecule has 2 aromatic heterocycles. The highest BCUT2D eigenvalue weighted by Crippen LogP contribution is 2.28. The number of nitrogens with zero attached hydrogens (tertiary/aromatic N) is 2. The van der Waals surface area contributed by atoms with Crippen molar-refractivity contribution in [1.82, 2.24) is 9.78 Å². The number of hydrogen-bond donors (Lipinski definition) is 1. The Labute approximate surface area is 195 Å². The number of carbonyl (C=O) groups excluding carboxylic acids is 1. The van der Waals surface area contributed by atoms with Crippen LogP contribution in [0.25, 0.3) is 16.3 Å². The van der Waals surface area contributed by atoms with Gasteiger partial charge < -0.3 is 10.1 Å². The highest BCUT2D eigenvalue weighted by Gasteiger charge is 2.19. The van der Waals surface area contributed by atoms with Gasteiger partial charge in [-0.05, 0) is 53.4 Å². The summed E-state index contributed by atoms with van der Waals surface area (Å²) in [5, 5.41) is 9.66. The average Bonchev–Trinajstić information content (AvgIpc) is 3.55. The quantitative estimate of drug-likeness (QED) is 0.310. The fourth-order valence-corrected chi connectivity index (χ4v) is 4.15. The van der Waals surface area contributed by atoms with Gasteiger partial charge in [-0.25, -0.2) is 4.68 Å². The average molecular weight is 452 g/mol. The summed E-state index contributed by atoms with van der Waals surface area (Å²) in [5.41, 5.74) is 3.87. The van der Waals surface area contributed by atoms with E-state index in [1.165, 1.54) is 0 Å². The van der Waals surface area contributed by atoms with Crippen LogP contribution in [0, 0.1) is 0 Å². The van der Waals surface area contributed by atoms with Crippen LogP contribution in [0.1, 0.15) is 15.9 Å². The van der Waals surface area contributed by atoms with Crippen LogP contribution in [-0.2, 0) is 6.61 Å². The van der Waals surface area contributed by atoms with Crippen LogP contribution >= 0.6 is 11.3 Å². The number of benzene rings is 3. The van der Waals surface area contributed by atoms with E-state index < -0.39 is 0 Å². The Morgan fingerprint density at radius 3 is 2.30 bits per heavy atom. The number of carbonyl (C=O) groups is 1. The summed E-state index contributed by atoms with van der Waals surface area (Å²) in [6.07, 6.45) is 1.77. The summed E-state index contributed by atoms with van der Waals surface area (Å²) in [6, 6.07) is 31.1. The molecule has 0 spiro atoms. The van der Waals surface area contributed by atoms with E-state index in [2.05, 4.69) is 5.32 Å². The number of anilines is 1. The second kappa shape index (κ2) is 9.54. The van der Waals surface area contributed by atoms with Gasteiger partial charge in [0.1, 0.15) is 18.1 Å². The van der Waals surface area contributed by atoms with Gasteiger partial charge in [-0.15, -0.1) is 11.3 Å². The zero-order chi connectivity index (χ0) is 22.5. The lowest BCUT2D eigenvalue weighted by Crippen LogP contribution is -2.12. The molecule has 162 valence electrons. The van der Waals surface area contributed by atoms with E-state index in [-0.39, 0.29) is 5.91 Å². The zero-order valence-corrected chi connectivity index (χ0v) is 18.5. The van der Waals surface area contributed by atoms with Crippen molar-refractivity contribution in [3.8, 4) is 22.0 Å². The molecule has 0 atom stereocenters. The molecule has 0 aliphatic heterocycles. The molecule has 0 aliphatic carbocycles. The molecule has 33 heavy (non-hydrogen) atoms. The maximum atomic E-state index is 13.2. The number of thiophene rings is 1. The summed E-state index contributed by atoms with van der Waals surface area (Å²) in [4.78, 5) is 14.1. The van der Waals surface area contributed by atoms with E-state index in [1.54, 1.807) is 22.2 Å². The molecule has 0 aliphatic rings. The molecule has 0 bridgehead atoms. The lowest BCUT2D eigenvalue weighted by Gasteiger charge is -2.08. The Balaban J connectivity index is 1.33. The van der Waals surface area contributed by atoms with Gasteiger partial charge in [0.15, 0.2) is 0 Å². The monoisotopic (exact) mass is 451 g/mol. The van der Waals surface area contributed by atoms with Gasteiger partial charge in [0, 0.05) is 11.9 Å². The molecule has 0 saturated heterocycles. The first-order chi connectivity index (χ1) is 16.3. The van der Waals surface area contributed by atoms with E-state index in [0.29, 0.717) is 23.6 Å². The maximum Gasteiger partial charge on any atom is 0.259 e. The number of rotatable bonds is 7. The molecule has 3 aromatic carbocycles. The molecule has 0 saturated carbocycles. The fourth-order valence-electron chi connectivity index (χ4n) is 3.42. The third-order valence-corrected chi connectivity index (χ3v) is 5.97. The molecule has 5 aromatic rings. The van der Waals surface area contributed by atoms with Gasteiger partial charge in [-0.1, -0.05) is 54.6 Å². The number of para-hydroxylation sites is 1. The van der Waals surface area contributed by atoms with E-state index in [4.69, 9.17) is 9.84 Å². The van der Waals surface area contributed by atoms with E-state index >= 15 is 0 Å². The van der Waals surface area contributed by atoms with Gasteiger partial charge in [-0.3, -0.25) is 4.79 Å². The Kier molecular flexibility index (Phi) is 5.99. The first-order valence-electron chi connectivity index (χ1n) is 10.5. The first-order valence-corrected chi connectivity index (χ1v) is 11.4. The van der Waals surface area contributed by atoms with Crippen molar-refractivity contribution in [1.29, 1.82) is 0 Å². The largest absolute Gasteiger partial charge is 0.489 e. The summed E-state index contributed by atoms with van der Waals surface area (Å²) in [6.45, 7) is 0.495. The first kappa shape index (κ1) is 20.7.